The number of H-pyrrole nitrogens is 1. The number of aromatic amines is 1. The standard InChI is InChI=1S/C9H7N2O/c1-2-4-8(5-3-1)12-9-6-10-11-7-9/h1-6H,(H,10,11). The molecule has 0 aliphatic rings. The zero-order chi connectivity index (χ0) is 8.23. The van der Waals surface area contributed by atoms with Gasteiger partial charge in [-0.05, 0) is 12.1 Å². The van der Waals surface area contributed by atoms with Crippen LogP contribution in [-0.4, -0.2) is 10.2 Å². The first-order valence-electron chi connectivity index (χ1n) is 3.59. The van der Waals surface area contributed by atoms with Gasteiger partial charge >= 0.3 is 0 Å². The molecule has 2 aromatic rings. The van der Waals surface area contributed by atoms with Crippen molar-refractivity contribution in [2.75, 3.05) is 0 Å². The lowest BCUT2D eigenvalue weighted by molar-refractivity contribution is 0.482. The highest BCUT2D eigenvalue weighted by Gasteiger charge is 1.95. The highest BCUT2D eigenvalue weighted by Crippen LogP contribution is 2.17. The summed E-state index contributed by atoms with van der Waals surface area (Å²) in [6, 6.07) is 9.51. The van der Waals surface area contributed by atoms with E-state index in [1.165, 1.54) is 0 Å². The van der Waals surface area contributed by atoms with Gasteiger partial charge in [0.2, 0.25) is 0 Å². The van der Waals surface area contributed by atoms with Crippen LogP contribution in [0, 0.1) is 6.20 Å². The normalized spacial score (nSPS) is 9.67. The zero-order valence-corrected chi connectivity index (χ0v) is 6.32. The first-order valence-corrected chi connectivity index (χ1v) is 3.59. The molecule has 1 heterocycles. The third-order valence-electron chi connectivity index (χ3n) is 1.40. The highest BCUT2D eigenvalue weighted by atomic mass is 16.5. The molecule has 0 fully saturated rings. The zero-order valence-electron chi connectivity index (χ0n) is 6.32. The Morgan fingerprint density at radius 3 is 2.75 bits per heavy atom. The van der Waals surface area contributed by atoms with Crippen molar-refractivity contribution in [3.05, 3.63) is 42.7 Å². The highest BCUT2D eigenvalue weighted by molar-refractivity contribution is 5.26. The molecule has 3 heteroatoms. The number of rotatable bonds is 2. The van der Waals surface area contributed by atoms with Gasteiger partial charge in [0, 0.05) is 0 Å². The van der Waals surface area contributed by atoms with E-state index in [-0.39, 0.29) is 0 Å². The number of hydrogen-bond donors (Lipinski definition) is 1. The van der Waals surface area contributed by atoms with Crippen LogP contribution in [0.15, 0.2) is 36.5 Å². The molecule has 2 rings (SSSR count). The molecule has 3 nitrogen and oxygen atoms in total. The van der Waals surface area contributed by atoms with Crippen LogP contribution in [0.2, 0.25) is 0 Å². The van der Waals surface area contributed by atoms with Gasteiger partial charge in [0.25, 0.3) is 0 Å². The lowest BCUT2D eigenvalue weighted by Crippen LogP contribution is -1.79. The van der Waals surface area contributed by atoms with Gasteiger partial charge in [0.1, 0.15) is 5.75 Å². The number of para-hydroxylation sites is 1. The van der Waals surface area contributed by atoms with Gasteiger partial charge in [0.05, 0.1) is 6.20 Å². The van der Waals surface area contributed by atoms with Gasteiger partial charge in [-0.1, -0.05) is 18.2 Å². The summed E-state index contributed by atoms with van der Waals surface area (Å²) in [5, 5.41) is 6.26. The van der Waals surface area contributed by atoms with Crippen LogP contribution in [0.25, 0.3) is 0 Å². The van der Waals surface area contributed by atoms with E-state index in [4.69, 9.17) is 4.74 Å². The molecule has 0 aliphatic carbocycles. The van der Waals surface area contributed by atoms with Gasteiger partial charge < -0.3 is 4.74 Å². The molecular formula is C9H7N2O. The maximum absolute atomic E-state index is 5.37. The van der Waals surface area contributed by atoms with E-state index in [2.05, 4.69) is 16.4 Å². The fourth-order valence-electron chi connectivity index (χ4n) is 0.878. The van der Waals surface area contributed by atoms with Crippen molar-refractivity contribution < 1.29 is 4.74 Å². The van der Waals surface area contributed by atoms with Gasteiger partial charge in [-0.2, -0.15) is 5.10 Å². The maximum atomic E-state index is 5.37. The molecule has 12 heavy (non-hydrogen) atoms. The average molecular weight is 159 g/mol. The fraction of sp³-hybridized carbons (Fsp3) is 0. The third kappa shape index (κ3) is 1.45. The van der Waals surface area contributed by atoms with Crippen LogP contribution in [0.5, 0.6) is 11.5 Å². The molecule has 0 bridgehead atoms. The summed E-state index contributed by atoms with van der Waals surface area (Å²) in [4.78, 5) is 0. The minimum atomic E-state index is 0.598. The Balaban J connectivity index is 2.15. The van der Waals surface area contributed by atoms with E-state index in [1.54, 1.807) is 6.20 Å². The first-order chi connectivity index (χ1) is 5.95. The van der Waals surface area contributed by atoms with E-state index in [9.17, 15) is 0 Å². The van der Waals surface area contributed by atoms with E-state index < -0.39 is 0 Å². The second-order valence-corrected chi connectivity index (χ2v) is 2.28. The molecule has 1 radical (unpaired) electrons. The average Bonchev–Trinajstić information content (AvgIpc) is 2.59. The van der Waals surface area contributed by atoms with E-state index in [0.717, 1.165) is 5.75 Å². The van der Waals surface area contributed by atoms with Gasteiger partial charge in [-0.15, -0.1) is 0 Å². The molecule has 1 aromatic heterocycles. The number of benzene rings is 1. The largest absolute Gasteiger partial charge is 0.453 e. The van der Waals surface area contributed by atoms with Crippen molar-refractivity contribution in [1.82, 2.24) is 10.2 Å². The van der Waals surface area contributed by atoms with Crippen LogP contribution in [0.3, 0.4) is 0 Å². The summed E-state index contributed by atoms with van der Waals surface area (Å²) < 4.78 is 5.37. The van der Waals surface area contributed by atoms with Crippen LogP contribution < -0.4 is 4.74 Å². The summed E-state index contributed by atoms with van der Waals surface area (Å²) >= 11 is 0. The molecule has 59 valence electrons. The van der Waals surface area contributed by atoms with Crippen molar-refractivity contribution in [1.29, 1.82) is 0 Å². The lowest BCUT2D eigenvalue weighted by atomic mass is 10.3. The van der Waals surface area contributed by atoms with Crippen LogP contribution >= 0.6 is 0 Å². The van der Waals surface area contributed by atoms with E-state index in [0.29, 0.717) is 5.75 Å². The van der Waals surface area contributed by atoms with Crippen LogP contribution in [0.1, 0.15) is 0 Å². The Labute approximate surface area is 70.0 Å². The number of nitrogens with one attached hydrogen (secondary N) is 1. The van der Waals surface area contributed by atoms with E-state index in [1.807, 2.05) is 30.3 Å². The van der Waals surface area contributed by atoms with Crippen molar-refractivity contribution in [3.63, 3.8) is 0 Å². The summed E-state index contributed by atoms with van der Waals surface area (Å²) in [6.45, 7) is 0. The predicted octanol–water partition coefficient (Wildman–Crippen LogP) is 2.00. The van der Waals surface area contributed by atoms with E-state index >= 15 is 0 Å². The predicted molar refractivity (Wildman–Crippen MR) is 43.9 cm³/mol. The Morgan fingerprint density at radius 2 is 2.08 bits per heavy atom. The Kier molecular flexibility index (Phi) is 1.78. The smallest absolute Gasteiger partial charge is 0.174 e. The van der Waals surface area contributed by atoms with Crippen LogP contribution in [-0.2, 0) is 0 Å². The van der Waals surface area contributed by atoms with Crippen LogP contribution in [0.4, 0.5) is 0 Å². The summed E-state index contributed by atoms with van der Waals surface area (Å²) in [7, 11) is 0. The quantitative estimate of drug-likeness (QED) is 0.727. The van der Waals surface area contributed by atoms with Gasteiger partial charge in [0.15, 0.2) is 11.9 Å². The SMILES string of the molecule is [c]1n[nH]cc1Oc1ccccc1. The lowest BCUT2D eigenvalue weighted by Gasteiger charge is -1.99. The second-order valence-electron chi connectivity index (χ2n) is 2.28. The van der Waals surface area contributed by atoms with Crippen molar-refractivity contribution in [3.8, 4) is 11.5 Å². The summed E-state index contributed by atoms with van der Waals surface area (Å²) in [5.74, 6) is 1.39. The Morgan fingerprint density at radius 1 is 1.25 bits per heavy atom. The molecule has 0 amide bonds. The molecule has 0 aliphatic heterocycles. The molecule has 1 aromatic carbocycles. The molecular weight excluding hydrogens is 152 g/mol. The Hall–Kier alpha value is -1.77. The molecule has 0 unspecified atom stereocenters. The summed E-state index contributed by atoms with van der Waals surface area (Å²) in [5.41, 5.74) is 0. The van der Waals surface area contributed by atoms with Gasteiger partial charge in [-0.3, -0.25) is 5.10 Å². The minimum absolute atomic E-state index is 0.598. The van der Waals surface area contributed by atoms with Crippen molar-refractivity contribution in [2.45, 2.75) is 0 Å². The topological polar surface area (TPSA) is 37.9 Å². The number of ether oxygens (including phenoxy) is 1. The number of aromatic nitrogens is 2. The monoisotopic (exact) mass is 159 g/mol. The summed E-state index contributed by atoms with van der Waals surface area (Å²) in [6.07, 6.45) is 4.30. The minimum Gasteiger partial charge on any atom is -0.453 e. The second kappa shape index (κ2) is 3.09. The molecule has 0 atom stereocenters. The Bertz CT molecular complexity index is 329. The first kappa shape index (κ1) is 6.91. The molecule has 0 saturated heterocycles. The fourth-order valence-corrected chi connectivity index (χ4v) is 0.878. The molecule has 0 saturated carbocycles. The third-order valence-corrected chi connectivity index (χ3v) is 1.40. The molecule has 1 N–H and O–H groups in total. The van der Waals surface area contributed by atoms with Crippen molar-refractivity contribution >= 4 is 0 Å². The van der Waals surface area contributed by atoms with Gasteiger partial charge in [-0.25, -0.2) is 0 Å². The molecule has 0 spiro atoms. The maximum Gasteiger partial charge on any atom is 0.174 e. The number of nitrogens with zero attached hydrogens (tertiary/aromatic N) is 1. The van der Waals surface area contributed by atoms with Crippen molar-refractivity contribution in [2.24, 2.45) is 0 Å². The number of hydrogen-bond acceptors (Lipinski definition) is 2.